The maximum atomic E-state index is 15.0. The lowest BCUT2D eigenvalue weighted by molar-refractivity contribution is 0.0377. The summed E-state index contributed by atoms with van der Waals surface area (Å²) in [6.07, 6.45) is 10.7. The summed E-state index contributed by atoms with van der Waals surface area (Å²) in [6, 6.07) is 5.69. The smallest absolute Gasteiger partial charge is 0.260 e. The molecule has 1 fully saturated rings. The summed E-state index contributed by atoms with van der Waals surface area (Å²) in [7, 11) is 0. The molecular weight excluding hydrogens is 383 g/mol. The molecule has 1 saturated carbocycles. The SMILES string of the molecule is Cc1c(Cc2ccc(N/C=C\C=N)nc2)cc2c(c1F)OCN(C1CCCC1)C2=O. The van der Waals surface area contributed by atoms with E-state index in [2.05, 4.69) is 10.3 Å². The van der Waals surface area contributed by atoms with Crippen LogP contribution in [0.4, 0.5) is 10.2 Å². The lowest BCUT2D eigenvalue weighted by atomic mass is 9.96. The minimum absolute atomic E-state index is 0.0751. The molecule has 1 aromatic carbocycles. The molecule has 1 aromatic heterocycles. The second kappa shape index (κ2) is 8.65. The van der Waals surface area contributed by atoms with E-state index in [1.54, 1.807) is 36.4 Å². The third-order valence-electron chi connectivity index (χ3n) is 5.82. The quantitative estimate of drug-likeness (QED) is 0.693. The monoisotopic (exact) mass is 408 g/mol. The van der Waals surface area contributed by atoms with Crippen molar-refractivity contribution < 1.29 is 13.9 Å². The van der Waals surface area contributed by atoms with Crippen molar-refractivity contribution >= 4 is 17.9 Å². The summed E-state index contributed by atoms with van der Waals surface area (Å²) in [5.74, 6) is 0.135. The zero-order valence-electron chi connectivity index (χ0n) is 17.0. The van der Waals surface area contributed by atoms with E-state index < -0.39 is 5.82 Å². The first-order chi connectivity index (χ1) is 14.6. The van der Waals surface area contributed by atoms with Crippen LogP contribution in [0.1, 0.15) is 52.7 Å². The Balaban J connectivity index is 1.57. The third-order valence-corrected chi connectivity index (χ3v) is 5.82. The first kappa shape index (κ1) is 20.1. The summed E-state index contributed by atoms with van der Waals surface area (Å²) in [5, 5.41) is 9.93. The van der Waals surface area contributed by atoms with Crippen LogP contribution >= 0.6 is 0 Å². The van der Waals surface area contributed by atoms with Gasteiger partial charge in [0.15, 0.2) is 18.3 Å². The number of carbonyl (C=O) groups excluding carboxylic acids is 1. The Morgan fingerprint density at radius 3 is 2.87 bits per heavy atom. The van der Waals surface area contributed by atoms with Crippen molar-refractivity contribution in [3.8, 4) is 5.75 Å². The standard InChI is InChI=1S/C23H25FN4O2/c1-15-17(11-16-7-8-20(27-13-16)26-10-4-9-25)12-19-22(21(15)24)30-14-28(23(19)29)18-5-2-3-6-18/h4,7-10,12-13,18,25H,2-3,5-6,11,14H2,1H3,(H,26,27)/b10-4-,25-9?. The molecule has 1 aliphatic heterocycles. The number of halogens is 1. The lowest BCUT2D eigenvalue weighted by Gasteiger charge is -2.34. The van der Waals surface area contributed by atoms with Crippen LogP contribution in [0.25, 0.3) is 0 Å². The van der Waals surface area contributed by atoms with Gasteiger partial charge in [0.25, 0.3) is 5.91 Å². The van der Waals surface area contributed by atoms with Crippen molar-refractivity contribution in [2.75, 3.05) is 12.0 Å². The molecule has 2 aromatic rings. The van der Waals surface area contributed by atoms with Crippen LogP contribution in [0.2, 0.25) is 0 Å². The molecule has 2 aliphatic rings. The Hall–Kier alpha value is -3.22. The van der Waals surface area contributed by atoms with E-state index in [1.165, 1.54) is 6.21 Å². The Kier molecular flexibility index (Phi) is 5.79. The average molecular weight is 408 g/mol. The van der Waals surface area contributed by atoms with E-state index in [4.69, 9.17) is 10.1 Å². The number of allylic oxidation sites excluding steroid dienone is 1. The Morgan fingerprint density at radius 2 is 2.17 bits per heavy atom. The molecule has 0 radical (unpaired) electrons. The van der Waals surface area contributed by atoms with Gasteiger partial charge in [0.05, 0.1) is 5.56 Å². The van der Waals surface area contributed by atoms with Gasteiger partial charge in [0.1, 0.15) is 5.82 Å². The van der Waals surface area contributed by atoms with E-state index in [0.29, 0.717) is 23.4 Å². The summed E-state index contributed by atoms with van der Waals surface area (Å²) in [4.78, 5) is 19.2. The third kappa shape index (κ3) is 3.92. The van der Waals surface area contributed by atoms with Crippen molar-refractivity contribution in [1.82, 2.24) is 9.88 Å². The van der Waals surface area contributed by atoms with Gasteiger partial charge in [-0.15, -0.1) is 0 Å². The van der Waals surface area contributed by atoms with Gasteiger partial charge < -0.3 is 20.4 Å². The number of nitrogens with one attached hydrogen (secondary N) is 2. The van der Waals surface area contributed by atoms with Crippen LogP contribution in [-0.2, 0) is 6.42 Å². The van der Waals surface area contributed by atoms with Crippen LogP contribution in [0, 0.1) is 18.2 Å². The minimum atomic E-state index is -0.454. The van der Waals surface area contributed by atoms with E-state index in [9.17, 15) is 4.79 Å². The van der Waals surface area contributed by atoms with E-state index >= 15 is 4.39 Å². The van der Waals surface area contributed by atoms with Gasteiger partial charge in [0, 0.05) is 24.7 Å². The van der Waals surface area contributed by atoms with E-state index in [1.807, 2.05) is 12.1 Å². The number of benzene rings is 1. The highest BCUT2D eigenvalue weighted by atomic mass is 19.1. The number of hydrogen-bond donors (Lipinski definition) is 2. The fourth-order valence-corrected chi connectivity index (χ4v) is 4.11. The topological polar surface area (TPSA) is 78.3 Å². The summed E-state index contributed by atoms with van der Waals surface area (Å²) >= 11 is 0. The maximum Gasteiger partial charge on any atom is 0.260 e. The highest BCUT2D eigenvalue weighted by Gasteiger charge is 2.35. The number of pyridine rings is 1. The van der Waals surface area contributed by atoms with Gasteiger partial charge >= 0.3 is 0 Å². The van der Waals surface area contributed by atoms with Crippen molar-refractivity contribution in [3.05, 3.63) is 64.7 Å². The first-order valence-corrected chi connectivity index (χ1v) is 10.2. The number of rotatable bonds is 6. The van der Waals surface area contributed by atoms with Gasteiger partial charge in [0.2, 0.25) is 0 Å². The molecule has 1 amide bonds. The summed E-state index contributed by atoms with van der Waals surface area (Å²) in [5.41, 5.74) is 2.47. The first-order valence-electron chi connectivity index (χ1n) is 10.2. The number of nitrogens with zero attached hydrogens (tertiary/aromatic N) is 2. The second-order valence-electron chi connectivity index (χ2n) is 7.74. The van der Waals surface area contributed by atoms with Crippen LogP contribution in [0.3, 0.4) is 0 Å². The molecule has 0 bridgehead atoms. The number of fused-ring (bicyclic) bond motifs is 1. The van der Waals surface area contributed by atoms with Gasteiger partial charge in [-0.3, -0.25) is 4.79 Å². The van der Waals surface area contributed by atoms with Crippen LogP contribution in [-0.4, -0.2) is 34.8 Å². The van der Waals surface area contributed by atoms with Crippen LogP contribution in [0.5, 0.6) is 5.75 Å². The number of hydrogen-bond acceptors (Lipinski definition) is 5. The predicted molar refractivity (Wildman–Crippen MR) is 114 cm³/mol. The molecule has 1 aliphatic carbocycles. The highest BCUT2D eigenvalue weighted by molar-refractivity contribution is 5.98. The molecule has 0 saturated heterocycles. The van der Waals surface area contributed by atoms with Gasteiger partial charge in [-0.05, 0) is 61.1 Å². The normalized spacial score (nSPS) is 16.6. The molecule has 0 spiro atoms. The van der Waals surface area contributed by atoms with Gasteiger partial charge in [-0.25, -0.2) is 9.37 Å². The number of amides is 1. The van der Waals surface area contributed by atoms with Gasteiger partial charge in [-0.1, -0.05) is 18.9 Å². The molecule has 4 rings (SSSR count). The molecule has 2 heterocycles. The number of ether oxygens (including phenoxy) is 1. The molecule has 156 valence electrons. The Labute approximate surface area is 175 Å². The fourth-order valence-electron chi connectivity index (χ4n) is 4.11. The Bertz CT molecular complexity index is 982. The molecule has 6 nitrogen and oxygen atoms in total. The molecule has 0 atom stereocenters. The fraction of sp³-hybridized carbons (Fsp3) is 0.348. The summed E-state index contributed by atoms with van der Waals surface area (Å²) in [6.45, 7) is 1.84. The van der Waals surface area contributed by atoms with Crippen LogP contribution < -0.4 is 10.1 Å². The van der Waals surface area contributed by atoms with Crippen molar-refractivity contribution in [2.45, 2.75) is 45.1 Å². The molecule has 7 heteroatoms. The van der Waals surface area contributed by atoms with Crippen molar-refractivity contribution in [2.24, 2.45) is 0 Å². The van der Waals surface area contributed by atoms with E-state index in [-0.39, 0.29) is 24.4 Å². The minimum Gasteiger partial charge on any atom is -0.469 e. The molecule has 30 heavy (non-hydrogen) atoms. The largest absolute Gasteiger partial charge is 0.469 e. The van der Waals surface area contributed by atoms with E-state index in [0.717, 1.165) is 36.8 Å². The predicted octanol–water partition coefficient (Wildman–Crippen LogP) is 4.43. The zero-order chi connectivity index (χ0) is 21.1. The molecule has 2 N–H and O–H groups in total. The number of carbonyl (C=O) groups is 1. The van der Waals surface area contributed by atoms with Gasteiger partial charge in [-0.2, -0.15) is 0 Å². The Morgan fingerprint density at radius 1 is 1.37 bits per heavy atom. The van der Waals surface area contributed by atoms with Crippen LogP contribution in [0.15, 0.2) is 36.7 Å². The summed E-state index contributed by atoms with van der Waals surface area (Å²) < 4.78 is 20.7. The number of aromatic nitrogens is 1. The zero-order valence-corrected chi connectivity index (χ0v) is 17.0. The molecule has 0 unspecified atom stereocenters. The lowest BCUT2D eigenvalue weighted by Crippen LogP contribution is -2.44. The molecular formula is C23H25FN4O2. The van der Waals surface area contributed by atoms with Crippen molar-refractivity contribution in [1.29, 1.82) is 5.41 Å². The number of anilines is 1. The highest BCUT2D eigenvalue weighted by Crippen LogP contribution is 2.36. The van der Waals surface area contributed by atoms with Crippen molar-refractivity contribution in [3.63, 3.8) is 0 Å². The second-order valence-corrected chi connectivity index (χ2v) is 7.74. The average Bonchev–Trinajstić information content (AvgIpc) is 3.28. The maximum absolute atomic E-state index is 15.0.